The summed E-state index contributed by atoms with van der Waals surface area (Å²) in [6.07, 6.45) is -0.720. The molecule has 4 rings (SSSR count). The van der Waals surface area contributed by atoms with Gasteiger partial charge in [-0.2, -0.15) is 0 Å². The van der Waals surface area contributed by atoms with E-state index in [2.05, 4.69) is 0 Å². The number of carbonyl (C=O) groups is 6. The van der Waals surface area contributed by atoms with E-state index in [1.165, 1.54) is 31.2 Å². The van der Waals surface area contributed by atoms with Gasteiger partial charge in [0.05, 0.1) is 11.4 Å². The largest absolute Gasteiger partial charge is 0.677 e. The van der Waals surface area contributed by atoms with Gasteiger partial charge in [0, 0.05) is 52.8 Å². The van der Waals surface area contributed by atoms with Crippen LogP contribution in [0.25, 0.3) is 5.57 Å². The van der Waals surface area contributed by atoms with Crippen molar-refractivity contribution in [3.63, 3.8) is 0 Å². The number of nitrogens with zero attached hydrogens (tertiary/aromatic N) is 4. The molecular formula is C42H47BF2N4O14. The molecule has 6 N–H and O–H groups in total. The first kappa shape index (κ1) is 48.5. The Morgan fingerprint density at radius 1 is 0.683 bits per heavy atom. The van der Waals surface area contributed by atoms with Crippen molar-refractivity contribution >= 4 is 65.9 Å². The van der Waals surface area contributed by atoms with Crippen LogP contribution in [0.5, 0.6) is 11.5 Å². The Hall–Kier alpha value is -7.19. The van der Waals surface area contributed by atoms with E-state index >= 15 is 8.63 Å². The second-order valence-corrected chi connectivity index (χ2v) is 14.6. The standard InChI is InChI=1S/C42H47BF2N4O14/c1-22-6-11-31(48(20-38(58)59)21-39(60)61)33(16-22)63-15-14-62-32-17-27(47(18-36(54)55)19-37(56)57)7-8-30(32)40(41-23(2)28(25(4)46-41)9-12-34(50)51)42-24(3)29(10-13-35(52)53)26(5)49(42)43(44)45/h6-8,11,16-17H,9-10,12-15,18-21H2,1-5H3,(H,50,51)(H,52,53)(H,54,55)(H,56,57)(H,58,59)(H,60,61)/b41-40-. The topological polar surface area (TPSA) is 266 Å². The van der Waals surface area contributed by atoms with Crippen molar-refractivity contribution in [2.45, 2.75) is 60.3 Å². The molecule has 0 saturated heterocycles. The maximum absolute atomic E-state index is 15.4. The van der Waals surface area contributed by atoms with Crippen LogP contribution in [-0.2, 0) is 35.2 Å². The summed E-state index contributed by atoms with van der Waals surface area (Å²) in [6.45, 7) is 4.49. The Labute approximate surface area is 360 Å². The molecule has 1 aliphatic rings. The molecule has 63 heavy (non-hydrogen) atoms. The van der Waals surface area contributed by atoms with E-state index in [1.54, 1.807) is 39.8 Å². The van der Waals surface area contributed by atoms with Crippen molar-refractivity contribution in [2.24, 2.45) is 4.99 Å². The lowest BCUT2D eigenvalue weighted by Crippen LogP contribution is -2.34. The van der Waals surface area contributed by atoms with E-state index in [-0.39, 0.29) is 95.6 Å². The molecule has 0 atom stereocenters. The molecule has 1 aliphatic heterocycles. The fraction of sp³-hybridized carbons (Fsp3) is 0.357. The number of hydrogen-bond acceptors (Lipinski definition) is 11. The van der Waals surface area contributed by atoms with E-state index in [1.807, 2.05) is 0 Å². The molecule has 21 heteroatoms. The molecule has 1 aromatic heterocycles. The fourth-order valence-corrected chi connectivity index (χ4v) is 7.46. The SMILES string of the molecule is CC1=N/C(=C(/c2ccc(N(CC(=O)O)CC(=O)O)cc2OCCOc2cc(C)ccc2N(CC(=O)O)CC(=O)O)c2c(C)c(CCC(=O)O)c(C)n2B(F)F)C(C)=C1CCC(=O)O. The van der Waals surface area contributed by atoms with Gasteiger partial charge in [0.1, 0.15) is 50.9 Å². The number of aliphatic carboxylic acids is 6. The molecule has 0 saturated carbocycles. The lowest BCUT2D eigenvalue weighted by molar-refractivity contribution is -0.138. The zero-order valence-corrected chi connectivity index (χ0v) is 35.1. The van der Waals surface area contributed by atoms with Gasteiger partial charge in [-0.15, -0.1) is 0 Å². The van der Waals surface area contributed by atoms with E-state index in [9.17, 15) is 59.4 Å². The number of aliphatic imine (C=N–C) groups is 1. The van der Waals surface area contributed by atoms with Crippen LogP contribution in [0.15, 0.2) is 58.2 Å². The predicted molar refractivity (Wildman–Crippen MR) is 226 cm³/mol. The third-order valence-electron chi connectivity index (χ3n) is 10.2. The number of carboxylic acid groups (broad SMARTS) is 6. The highest BCUT2D eigenvalue weighted by Crippen LogP contribution is 2.44. The molecule has 0 amide bonds. The maximum atomic E-state index is 15.4. The summed E-state index contributed by atoms with van der Waals surface area (Å²) < 4.78 is 43.8. The van der Waals surface area contributed by atoms with Crippen LogP contribution >= 0.6 is 0 Å². The van der Waals surface area contributed by atoms with Crippen molar-refractivity contribution in [1.82, 2.24) is 4.48 Å². The minimum atomic E-state index is -3.17. The number of ether oxygens (including phenoxy) is 2. The summed E-state index contributed by atoms with van der Waals surface area (Å²) >= 11 is 0. The molecule has 0 spiro atoms. The van der Waals surface area contributed by atoms with Gasteiger partial charge in [-0.25, -0.2) is 0 Å². The normalized spacial score (nSPS) is 13.0. The average Bonchev–Trinajstić information content (AvgIpc) is 3.59. The molecule has 2 heterocycles. The number of anilines is 2. The summed E-state index contributed by atoms with van der Waals surface area (Å²) in [5.41, 5.74) is 3.19. The molecular weight excluding hydrogens is 833 g/mol. The van der Waals surface area contributed by atoms with Crippen molar-refractivity contribution in [1.29, 1.82) is 0 Å². The number of halogens is 2. The van der Waals surface area contributed by atoms with Crippen LogP contribution in [0.3, 0.4) is 0 Å². The summed E-state index contributed by atoms with van der Waals surface area (Å²) in [7, 11) is -3.17. The van der Waals surface area contributed by atoms with Gasteiger partial charge < -0.3 is 54.4 Å². The second-order valence-electron chi connectivity index (χ2n) is 14.6. The number of aromatic nitrogens is 1. The zero-order valence-electron chi connectivity index (χ0n) is 35.1. The van der Waals surface area contributed by atoms with Gasteiger partial charge in [0.25, 0.3) is 0 Å². The summed E-state index contributed by atoms with van der Waals surface area (Å²) in [4.78, 5) is 77.2. The minimum Gasteiger partial charge on any atom is -0.489 e. The van der Waals surface area contributed by atoms with Crippen LogP contribution < -0.4 is 19.3 Å². The molecule has 3 aromatic rings. The van der Waals surface area contributed by atoms with Gasteiger partial charge >= 0.3 is 43.2 Å². The Morgan fingerprint density at radius 2 is 1.22 bits per heavy atom. The molecule has 0 aliphatic carbocycles. The molecule has 18 nitrogen and oxygen atoms in total. The van der Waals surface area contributed by atoms with Crippen molar-refractivity contribution in [3.8, 4) is 11.5 Å². The predicted octanol–water partition coefficient (Wildman–Crippen LogP) is 5.03. The average molecular weight is 881 g/mol. The van der Waals surface area contributed by atoms with Crippen LogP contribution in [0.4, 0.5) is 20.0 Å². The Bertz CT molecular complexity index is 2380. The van der Waals surface area contributed by atoms with Crippen LogP contribution in [0, 0.1) is 20.8 Å². The summed E-state index contributed by atoms with van der Waals surface area (Å²) in [6, 6.07) is 8.79. The number of carboxylic acids is 6. The summed E-state index contributed by atoms with van der Waals surface area (Å²) in [5.74, 6) is -7.58. The molecule has 0 fully saturated rings. The van der Waals surface area contributed by atoms with Gasteiger partial charge in [-0.1, -0.05) is 6.07 Å². The minimum absolute atomic E-state index is 0.0429. The number of hydrogen-bond donors (Lipinski definition) is 6. The third-order valence-corrected chi connectivity index (χ3v) is 10.2. The molecule has 0 unspecified atom stereocenters. The summed E-state index contributed by atoms with van der Waals surface area (Å²) in [5, 5.41) is 57.3. The highest BCUT2D eigenvalue weighted by atomic mass is 19.2. The van der Waals surface area contributed by atoms with E-state index < -0.39 is 69.4 Å². The number of allylic oxidation sites excluding steroid dienone is 2. The monoisotopic (exact) mass is 880 g/mol. The van der Waals surface area contributed by atoms with Gasteiger partial charge in [0.15, 0.2) is 0 Å². The quantitative estimate of drug-likeness (QED) is 0.0509. The first-order valence-electron chi connectivity index (χ1n) is 19.4. The van der Waals surface area contributed by atoms with Crippen LogP contribution in [0.2, 0.25) is 0 Å². The Balaban J connectivity index is 1.99. The highest BCUT2D eigenvalue weighted by Gasteiger charge is 2.34. The van der Waals surface area contributed by atoms with Crippen molar-refractivity contribution < 1.29 is 77.5 Å². The van der Waals surface area contributed by atoms with Gasteiger partial charge in [-0.3, -0.25) is 42.4 Å². The smallest absolute Gasteiger partial charge is 0.489 e. The third kappa shape index (κ3) is 12.2. The molecule has 336 valence electrons. The lowest BCUT2D eigenvalue weighted by atomic mass is 9.91. The number of benzene rings is 2. The van der Waals surface area contributed by atoms with Crippen LogP contribution in [0.1, 0.15) is 66.8 Å². The first-order chi connectivity index (χ1) is 29.6. The molecule has 0 bridgehead atoms. The van der Waals surface area contributed by atoms with E-state index in [0.29, 0.717) is 28.0 Å². The number of rotatable bonds is 24. The molecule has 0 radical (unpaired) electrons. The van der Waals surface area contributed by atoms with Crippen molar-refractivity contribution in [2.75, 3.05) is 49.2 Å². The van der Waals surface area contributed by atoms with Crippen molar-refractivity contribution in [3.05, 3.63) is 86.9 Å². The van der Waals surface area contributed by atoms with Gasteiger partial charge in [0.2, 0.25) is 0 Å². The lowest BCUT2D eigenvalue weighted by Gasteiger charge is -2.25. The number of aryl methyl sites for hydroxylation is 1. The fourth-order valence-electron chi connectivity index (χ4n) is 7.46. The second kappa shape index (κ2) is 21.1. The van der Waals surface area contributed by atoms with Gasteiger partial charge in [-0.05, 0) is 99.6 Å². The van der Waals surface area contributed by atoms with E-state index in [0.717, 1.165) is 14.3 Å². The maximum Gasteiger partial charge on any atom is 0.677 e. The highest BCUT2D eigenvalue weighted by molar-refractivity contribution is 6.41. The molecule has 2 aromatic carbocycles. The zero-order chi connectivity index (χ0) is 46.9. The van der Waals surface area contributed by atoms with E-state index in [4.69, 9.17) is 14.5 Å². The van der Waals surface area contributed by atoms with Crippen LogP contribution in [-0.4, -0.2) is 123 Å². The Kier molecular flexibility index (Phi) is 16.2. The first-order valence-corrected chi connectivity index (χ1v) is 19.4. The Morgan fingerprint density at radius 3 is 1.76 bits per heavy atom.